The summed E-state index contributed by atoms with van der Waals surface area (Å²) in [7, 11) is 0. The van der Waals surface area contributed by atoms with Crippen LogP contribution in [0.25, 0.3) is 0 Å². The molecule has 1 fully saturated rings. The van der Waals surface area contributed by atoms with Crippen molar-refractivity contribution in [2.75, 3.05) is 13.2 Å². The Labute approximate surface area is 117 Å². The molecular formula is C15H19NO4. The molecule has 108 valence electrons. The summed E-state index contributed by atoms with van der Waals surface area (Å²) >= 11 is 0. The van der Waals surface area contributed by atoms with Gasteiger partial charge in [-0.05, 0) is 37.8 Å². The molecule has 1 aliphatic carbocycles. The summed E-state index contributed by atoms with van der Waals surface area (Å²) in [5.74, 6) is -1.48. The Hall–Kier alpha value is -1.88. The lowest BCUT2D eigenvalue weighted by atomic mass is 9.96. The van der Waals surface area contributed by atoms with Crippen molar-refractivity contribution in [3.05, 3.63) is 34.4 Å². The molecule has 0 unspecified atom stereocenters. The largest absolute Gasteiger partial charge is 0.478 e. The average molecular weight is 277 g/mol. The Morgan fingerprint density at radius 1 is 1.20 bits per heavy atom. The highest BCUT2D eigenvalue weighted by molar-refractivity contribution is 6.06. The first-order valence-corrected chi connectivity index (χ1v) is 6.63. The number of aryl methyl sites for hydroxylation is 2. The summed E-state index contributed by atoms with van der Waals surface area (Å²) in [6, 6.07) is 3.45. The number of benzene rings is 1. The average Bonchev–Trinajstić information content (AvgIpc) is 3.18. The van der Waals surface area contributed by atoms with Gasteiger partial charge in [-0.15, -0.1) is 0 Å². The summed E-state index contributed by atoms with van der Waals surface area (Å²) in [5, 5.41) is 21.3. The summed E-state index contributed by atoms with van der Waals surface area (Å²) in [5.41, 5.74) is 1.27. The SMILES string of the molecule is Cc1ccc(C)c(C(=O)NCC2(CO)CC2)c1C(=O)O. The fraction of sp³-hybridized carbons (Fsp3) is 0.467. The number of amides is 1. The predicted octanol–water partition coefficient (Wildman–Crippen LogP) is 1.50. The number of rotatable bonds is 5. The quantitative estimate of drug-likeness (QED) is 0.761. The van der Waals surface area contributed by atoms with Crippen LogP contribution < -0.4 is 5.32 Å². The van der Waals surface area contributed by atoms with Crippen molar-refractivity contribution in [3.63, 3.8) is 0 Å². The van der Waals surface area contributed by atoms with E-state index in [1.54, 1.807) is 26.0 Å². The molecule has 0 bridgehead atoms. The number of hydrogen-bond acceptors (Lipinski definition) is 3. The molecule has 1 aromatic carbocycles. The van der Waals surface area contributed by atoms with E-state index in [1.165, 1.54) is 0 Å². The van der Waals surface area contributed by atoms with Crippen molar-refractivity contribution in [3.8, 4) is 0 Å². The Kier molecular flexibility index (Phi) is 3.81. The molecule has 3 N–H and O–H groups in total. The van der Waals surface area contributed by atoms with Gasteiger partial charge < -0.3 is 15.5 Å². The van der Waals surface area contributed by atoms with Crippen LogP contribution >= 0.6 is 0 Å². The van der Waals surface area contributed by atoms with Crippen LogP contribution in [0.1, 0.15) is 44.7 Å². The lowest BCUT2D eigenvalue weighted by molar-refractivity contribution is 0.0689. The van der Waals surface area contributed by atoms with Crippen LogP contribution in [0.5, 0.6) is 0 Å². The van der Waals surface area contributed by atoms with Crippen molar-refractivity contribution in [2.24, 2.45) is 5.41 Å². The second-order valence-corrected chi connectivity index (χ2v) is 5.60. The van der Waals surface area contributed by atoms with Crippen LogP contribution in [-0.4, -0.2) is 35.2 Å². The van der Waals surface area contributed by atoms with Crippen LogP contribution in [0.3, 0.4) is 0 Å². The van der Waals surface area contributed by atoms with Gasteiger partial charge in [0.25, 0.3) is 5.91 Å². The van der Waals surface area contributed by atoms with E-state index in [-0.39, 0.29) is 29.1 Å². The van der Waals surface area contributed by atoms with E-state index in [9.17, 15) is 19.8 Å². The predicted molar refractivity (Wildman–Crippen MR) is 74.0 cm³/mol. The van der Waals surface area contributed by atoms with E-state index in [0.717, 1.165) is 12.8 Å². The van der Waals surface area contributed by atoms with Gasteiger partial charge in [0, 0.05) is 12.0 Å². The third-order valence-corrected chi connectivity index (χ3v) is 3.98. The van der Waals surface area contributed by atoms with Crippen molar-refractivity contribution < 1.29 is 19.8 Å². The maximum Gasteiger partial charge on any atom is 0.336 e. The van der Waals surface area contributed by atoms with Crippen LogP contribution in [0, 0.1) is 19.3 Å². The van der Waals surface area contributed by atoms with Gasteiger partial charge in [0.2, 0.25) is 0 Å². The van der Waals surface area contributed by atoms with E-state index in [0.29, 0.717) is 17.7 Å². The van der Waals surface area contributed by atoms with Crippen molar-refractivity contribution in [1.29, 1.82) is 0 Å². The number of aliphatic hydroxyl groups excluding tert-OH is 1. The highest BCUT2D eigenvalue weighted by atomic mass is 16.4. The molecule has 0 radical (unpaired) electrons. The van der Waals surface area contributed by atoms with E-state index in [2.05, 4.69) is 5.32 Å². The first-order valence-electron chi connectivity index (χ1n) is 6.63. The number of carbonyl (C=O) groups excluding carboxylic acids is 1. The fourth-order valence-electron chi connectivity index (χ4n) is 2.30. The Morgan fingerprint density at radius 2 is 1.75 bits per heavy atom. The first kappa shape index (κ1) is 14.5. The van der Waals surface area contributed by atoms with E-state index in [1.807, 2.05) is 0 Å². The van der Waals surface area contributed by atoms with Gasteiger partial charge in [0.15, 0.2) is 0 Å². The zero-order valence-corrected chi connectivity index (χ0v) is 11.7. The minimum absolute atomic E-state index is 0.0475. The zero-order valence-electron chi connectivity index (χ0n) is 11.7. The lowest BCUT2D eigenvalue weighted by Crippen LogP contribution is -2.33. The summed E-state index contributed by atoms with van der Waals surface area (Å²) < 4.78 is 0. The molecule has 0 aliphatic heterocycles. The number of aromatic carboxylic acids is 1. The molecule has 1 saturated carbocycles. The van der Waals surface area contributed by atoms with Crippen molar-refractivity contribution in [2.45, 2.75) is 26.7 Å². The molecule has 1 amide bonds. The number of carbonyl (C=O) groups is 2. The van der Waals surface area contributed by atoms with Crippen LogP contribution in [0.15, 0.2) is 12.1 Å². The van der Waals surface area contributed by atoms with Gasteiger partial charge in [0.1, 0.15) is 0 Å². The molecule has 1 aliphatic rings. The molecular weight excluding hydrogens is 258 g/mol. The normalized spacial score (nSPS) is 15.8. The van der Waals surface area contributed by atoms with E-state index in [4.69, 9.17) is 0 Å². The van der Waals surface area contributed by atoms with Gasteiger partial charge >= 0.3 is 5.97 Å². The van der Waals surface area contributed by atoms with Crippen LogP contribution in [0.4, 0.5) is 0 Å². The standard InChI is InChI=1S/C15H19NO4/c1-9-3-4-10(2)12(14(19)20)11(9)13(18)16-7-15(8-17)5-6-15/h3-4,17H,5-8H2,1-2H3,(H,16,18)(H,19,20). The number of aliphatic hydroxyl groups is 1. The van der Waals surface area contributed by atoms with Crippen LogP contribution in [0.2, 0.25) is 0 Å². The topological polar surface area (TPSA) is 86.6 Å². The molecule has 0 atom stereocenters. The van der Waals surface area contributed by atoms with Gasteiger partial charge in [-0.25, -0.2) is 4.79 Å². The Balaban J connectivity index is 2.25. The second kappa shape index (κ2) is 5.25. The van der Waals surface area contributed by atoms with E-state index < -0.39 is 5.97 Å². The number of carboxylic acids is 1. The minimum atomic E-state index is -1.10. The molecule has 1 aromatic rings. The lowest BCUT2D eigenvalue weighted by Gasteiger charge is -2.16. The molecule has 0 spiro atoms. The number of hydrogen-bond donors (Lipinski definition) is 3. The zero-order chi connectivity index (χ0) is 14.9. The smallest absolute Gasteiger partial charge is 0.336 e. The maximum atomic E-state index is 12.3. The second-order valence-electron chi connectivity index (χ2n) is 5.60. The highest BCUT2D eigenvalue weighted by Gasteiger charge is 2.42. The Morgan fingerprint density at radius 3 is 2.20 bits per heavy atom. The molecule has 5 heteroatoms. The monoisotopic (exact) mass is 277 g/mol. The third kappa shape index (κ3) is 2.67. The summed E-state index contributed by atoms with van der Waals surface area (Å²) in [6.07, 6.45) is 1.78. The summed E-state index contributed by atoms with van der Waals surface area (Å²) in [6.45, 7) is 3.83. The van der Waals surface area contributed by atoms with Gasteiger partial charge in [-0.2, -0.15) is 0 Å². The van der Waals surface area contributed by atoms with Gasteiger partial charge in [-0.3, -0.25) is 4.79 Å². The number of carboxylic acid groups (broad SMARTS) is 1. The molecule has 0 saturated heterocycles. The third-order valence-electron chi connectivity index (χ3n) is 3.98. The van der Waals surface area contributed by atoms with Gasteiger partial charge in [0.05, 0.1) is 17.7 Å². The first-order chi connectivity index (χ1) is 9.40. The highest BCUT2D eigenvalue weighted by Crippen LogP contribution is 2.44. The van der Waals surface area contributed by atoms with Crippen molar-refractivity contribution in [1.82, 2.24) is 5.32 Å². The molecule has 20 heavy (non-hydrogen) atoms. The summed E-state index contributed by atoms with van der Waals surface area (Å²) in [4.78, 5) is 23.6. The Bertz CT molecular complexity index is 561. The van der Waals surface area contributed by atoms with Crippen LogP contribution in [-0.2, 0) is 0 Å². The number of nitrogens with one attached hydrogen (secondary N) is 1. The van der Waals surface area contributed by atoms with E-state index >= 15 is 0 Å². The molecule has 0 aromatic heterocycles. The van der Waals surface area contributed by atoms with Crippen molar-refractivity contribution >= 4 is 11.9 Å². The molecule has 2 rings (SSSR count). The molecule has 5 nitrogen and oxygen atoms in total. The maximum absolute atomic E-state index is 12.3. The van der Waals surface area contributed by atoms with Gasteiger partial charge in [-0.1, -0.05) is 12.1 Å². The minimum Gasteiger partial charge on any atom is -0.478 e. The fourth-order valence-corrected chi connectivity index (χ4v) is 2.30. The molecule has 0 heterocycles.